The van der Waals surface area contributed by atoms with Crippen molar-refractivity contribution in [2.24, 2.45) is 11.8 Å². The van der Waals surface area contributed by atoms with Gasteiger partial charge in [-0.1, -0.05) is 0 Å². The van der Waals surface area contributed by atoms with Crippen LogP contribution in [0.2, 0.25) is 0 Å². The Morgan fingerprint density at radius 2 is 2.12 bits per heavy atom. The first-order chi connectivity index (χ1) is 8.11. The van der Waals surface area contributed by atoms with E-state index in [1.165, 1.54) is 0 Å². The summed E-state index contributed by atoms with van der Waals surface area (Å²) in [5.41, 5.74) is 0. The first kappa shape index (κ1) is 12.4. The number of amides is 1. The lowest BCUT2D eigenvalue weighted by Gasteiger charge is -2.29. The van der Waals surface area contributed by atoms with Gasteiger partial charge in [-0.05, 0) is 26.2 Å². The largest absolute Gasteiger partial charge is 0.481 e. The molecule has 0 aromatic heterocycles. The maximum Gasteiger partial charge on any atom is 0.308 e. The SMILES string of the molecule is CC1C(C(=O)O)CCN1C(=O)C1CCCOC1. The van der Waals surface area contributed by atoms with Crippen molar-refractivity contribution in [2.75, 3.05) is 19.8 Å². The summed E-state index contributed by atoms with van der Waals surface area (Å²) in [6.07, 6.45) is 2.34. The van der Waals surface area contributed by atoms with Crippen LogP contribution in [-0.2, 0) is 14.3 Å². The minimum Gasteiger partial charge on any atom is -0.481 e. The van der Waals surface area contributed by atoms with E-state index in [-0.39, 0.29) is 17.9 Å². The van der Waals surface area contributed by atoms with Gasteiger partial charge >= 0.3 is 5.97 Å². The van der Waals surface area contributed by atoms with Crippen molar-refractivity contribution >= 4 is 11.9 Å². The van der Waals surface area contributed by atoms with Gasteiger partial charge < -0.3 is 14.7 Å². The van der Waals surface area contributed by atoms with E-state index in [9.17, 15) is 9.59 Å². The van der Waals surface area contributed by atoms with E-state index in [4.69, 9.17) is 9.84 Å². The highest BCUT2D eigenvalue weighted by Crippen LogP contribution is 2.27. The predicted molar refractivity (Wildman–Crippen MR) is 60.5 cm³/mol. The topological polar surface area (TPSA) is 66.8 Å². The molecule has 0 aliphatic carbocycles. The molecule has 3 unspecified atom stereocenters. The van der Waals surface area contributed by atoms with Crippen LogP contribution in [0.4, 0.5) is 0 Å². The molecule has 2 aliphatic rings. The van der Waals surface area contributed by atoms with Gasteiger partial charge in [0.1, 0.15) is 0 Å². The number of carboxylic acid groups (broad SMARTS) is 1. The standard InChI is InChI=1S/C12H19NO4/c1-8-10(12(15)16)4-5-13(8)11(14)9-3-2-6-17-7-9/h8-10H,2-7H2,1H3,(H,15,16). The van der Waals surface area contributed by atoms with Crippen LogP contribution in [0.25, 0.3) is 0 Å². The summed E-state index contributed by atoms with van der Waals surface area (Å²) < 4.78 is 5.31. The molecule has 1 amide bonds. The summed E-state index contributed by atoms with van der Waals surface area (Å²) in [5.74, 6) is -1.21. The van der Waals surface area contributed by atoms with Gasteiger partial charge in [-0.15, -0.1) is 0 Å². The van der Waals surface area contributed by atoms with Crippen LogP contribution in [0.5, 0.6) is 0 Å². The summed E-state index contributed by atoms with van der Waals surface area (Å²) in [6, 6.07) is -0.193. The molecule has 2 fully saturated rings. The smallest absolute Gasteiger partial charge is 0.308 e. The van der Waals surface area contributed by atoms with Gasteiger partial charge in [-0.2, -0.15) is 0 Å². The van der Waals surface area contributed by atoms with Crippen LogP contribution in [-0.4, -0.2) is 47.7 Å². The Morgan fingerprint density at radius 3 is 2.65 bits per heavy atom. The number of carbonyl (C=O) groups excluding carboxylic acids is 1. The molecular formula is C12H19NO4. The normalized spacial score (nSPS) is 33.7. The summed E-state index contributed by atoms with van der Waals surface area (Å²) in [5, 5.41) is 9.03. The highest BCUT2D eigenvalue weighted by molar-refractivity contribution is 5.81. The first-order valence-corrected chi connectivity index (χ1v) is 6.22. The number of ether oxygens (including phenoxy) is 1. The maximum absolute atomic E-state index is 12.2. The number of rotatable bonds is 2. The van der Waals surface area contributed by atoms with Crippen molar-refractivity contribution in [2.45, 2.75) is 32.2 Å². The zero-order chi connectivity index (χ0) is 12.4. The molecule has 2 rings (SSSR count). The van der Waals surface area contributed by atoms with Crippen molar-refractivity contribution < 1.29 is 19.4 Å². The van der Waals surface area contributed by atoms with E-state index >= 15 is 0 Å². The van der Waals surface area contributed by atoms with Crippen LogP contribution >= 0.6 is 0 Å². The molecular weight excluding hydrogens is 222 g/mol. The fourth-order valence-corrected chi connectivity index (χ4v) is 2.75. The second kappa shape index (κ2) is 5.04. The Morgan fingerprint density at radius 1 is 1.35 bits per heavy atom. The molecule has 5 heteroatoms. The lowest BCUT2D eigenvalue weighted by Crippen LogP contribution is -2.43. The number of hydrogen-bond donors (Lipinski definition) is 1. The highest BCUT2D eigenvalue weighted by Gasteiger charge is 2.40. The highest BCUT2D eigenvalue weighted by atomic mass is 16.5. The predicted octanol–water partition coefficient (Wildman–Crippen LogP) is 0.735. The fourth-order valence-electron chi connectivity index (χ4n) is 2.75. The van der Waals surface area contributed by atoms with Crippen molar-refractivity contribution in [3.05, 3.63) is 0 Å². The van der Waals surface area contributed by atoms with Gasteiger partial charge in [0.05, 0.1) is 18.4 Å². The molecule has 0 aromatic carbocycles. The zero-order valence-electron chi connectivity index (χ0n) is 10.1. The van der Waals surface area contributed by atoms with Crippen LogP contribution in [0, 0.1) is 11.8 Å². The minimum absolute atomic E-state index is 0.0703. The van der Waals surface area contributed by atoms with E-state index in [0.29, 0.717) is 19.6 Å². The van der Waals surface area contributed by atoms with Gasteiger partial charge in [-0.25, -0.2) is 0 Å². The fraction of sp³-hybridized carbons (Fsp3) is 0.833. The molecule has 0 saturated carbocycles. The third-order valence-corrected chi connectivity index (χ3v) is 3.86. The Labute approximate surface area is 101 Å². The third-order valence-electron chi connectivity index (χ3n) is 3.86. The summed E-state index contributed by atoms with van der Waals surface area (Å²) in [4.78, 5) is 24.9. The number of nitrogens with zero attached hydrogens (tertiary/aromatic N) is 1. The van der Waals surface area contributed by atoms with Crippen molar-refractivity contribution in [1.82, 2.24) is 4.90 Å². The molecule has 2 aliphatic heterocycles. The van der Waals surface area contributed by atoms with Crippen molar-refractivity contribution in [3.63, 3.8) is 0 Å². The average Bonchev–Trinajstić information content (AvgIpc) is 2.71. The summed E-state index contributed by atoms with van der Waals surface area (Å²) >= 11 is 0. The Bertz CT molecular complexity index is 312. The van der Waals surface area contributed by atoms with Crippen molar-refractivity contribution in [3.8, 4) is 0 Å². The van der Waals surface area contributed by atoms with E-state index in [1.807, 2.05) is 6.92 Å². The quantitative estimate of drug-likeness (QED) is 0.774. The second-order valence-electron chi connectivity index (χ2n) is 4.92. The van der Waals surface area contributed by atoms with Gasteiger partial charge in [-0.3, -0.25) is 9.59 Å². The molecule has 0 radical (unpaired) electrons. The molecule has 2 heterocycles. The Hall–Kier alpha value is -1.10. The maximum atomic E-state index is 12.2. The van der Waals surface area contributed by atoms with Gasteiger partial charge in [0, 0.05) is 19.2 Å². The molecule has 17 heavy (non-hydrogen) atoms. The molecule has 0 spiro atoms. The third kappa shape index (κ3) is 2.44. The number of hydrogen-bond acceptors (Lipinski definition) is 3. The number of carboxylic acids is 1. The van der Waals surface area contributed by atoms with Gasteiger partial charge in [0.25, 0.3) is 0 Å². The lowest BCUT2D eigenvalue weighted by atomic mass is 9.99. The number of carbonyl (C=O) groups is 2. The monoisotopic (exact) mass is 241 g/mol. The first-order valence-electron chi connectivity index (χ1n) is 6.22. The molecule has 96 valence electrons. The number of aliphatic carboxylic acids is 1. The summed E-state index contributed by atoms with van der Waals surface area (Å²) in [7, 11) is 0. The van der Waals surface area contributed by atoms with Crippen LogP contribution in [0.3, 0.4) is 0 Å². The van der Waals surface area contributed by atoms with Crippen LogP contribution in [0.1, 0.15) is 26.2 Å². The molecule has 1 N–H and O–H groups in total. The molecule has 3 atom stereocenters. The zero-order valence-corrected chi connectivity index (χ0v) is 10.1. The van der Waals surface area contributed by atoms with Crippen LogP contribution in [0.15, 0.2) is 0 Å². The minimum atomic E-state index is -0.798. The lowest BCUT2D eigenvalue weighted by molar-refractivity contribution is -0.144. The number of likely N-dealkylation sites (tertiary alicyclic amines) is 1. The van der Waals surface area contributed by atoms with E-state index in [2.05, 4.69) is 0 Å². The molecule has 0 aromatic rings. The summed E-state index contributed by atoms with van der Waals surface area (Å²) in [6.45, 7) is 3.61. The molecule has 2 saturated heterocycles. The van der Waals surface area contributed by atoms with E-state index in [1.54, 1.807) is 4.90 Å². The Balaban J connectivity index is 1.98. The molecule has 5 nitrogen and oxygen atoms in total. The van der Waals surface area contributed by atoms with Gasteiger partial charge in [0.2, 0.25) is 5.91 Å². The molecule has 0 bridgehead atoms. The van der Waals surface area contributed by atoms with Crippen LogP contribution < -0.4 is 0 Å². The van der Waals surface area contributed by atoms with Gasteiger partial charge in [0.15, 0.2) is 0 Å². The van der Waals surface area contributed by atoms with E-state index in [0.717, 1.165) is 19.4 Å². The van der Waals surface area contributed by atoms with Crippen molar-refractivity contribution in [1.29, 1.82) is 0 Å². The average molecular weight is 241 g/mol. The Kier molecular flexibility index (Phi) is 3.66. The van der Waals surface area contributed by atoms with E-state index < -0.39 is 11.9 Å². The second-order valence-corrected chi connectivity index (χ2v) is 4.92.